The second kappa shape index (κ2) is 4.99. The van der Waals surface area contributed by atoms with E-state index in [-0.39, 0.29) is 23.5 Å². The van der Waals surface area contributed by atoms with Gasteiger partial charge in [-0.15, -0.1) is 0 Å². The van der Waals surface area contributed by atoms with Gasteiger partial charge in [0.1, 0.15) is 11.7 Å². The molecule has 0 aromatic carbocycles. The van der Waals surface area contributed by atoms with Gasteiger partial charge in [0.2, 0.25) is 0 Å². The molecule has 1 aliphatic rings. The molecule has 2 unspecified atom stereocenters. The maximum Gasteiger partial charge on any atom is 0.314 e. The number of Topliss-reactive ketones (excluding diaryl/α,β-unsaturated/α-hetero) is 1. The van der Waals surface area contributed by atoms with E-state index in [0.29, 0.717) is 12.4 Å². The summed E-state index contributed by atoms with van der Waals surface area (Å²) in [6.45, 7) is 13.9. The minimum Gasteiger partial charge on any atom is -0.499 e. The van der Waals surface area contributed by atoms with Gasteiger partial charge in [-0.1, -0.05) is 34.3 Å². The van der Waals surface area contributed by atoms with Gasteiger partial charge < -0.3 is 9.84 Å². The van der Waals surface area contributed by atoms with Gasteiger partial charge in [-0.3, -0.25) is 9.59 Å². The Bertz CT molecular complexity index is 406. The molecule has 2 atom stereocenters. The molecule has 0 spiro atoms. The number of carbonyl (C=O) groups excluding carboxylic acids is 1. The van der Waals surface area contributed by atoms with E-state index in [0.717, 1.165) is 0 Å². The highest BCUT2D eigenvalue weighted by molar-refractivity contribution is 6.00. The van der Waals surface area contributed by atoms with Gasteiger partial charge in [0.15, 0.2) is 0 Å². The molecular formula is C15H24O4. The number of allylic oxidation sites excluding steroid dienone is 1. The minimum absolute atomic E-state index is 0.168. The van der Waals surface area contributed by atoms with E-state index in [9.17, 15) is 14.7 Å². The Morgan fingerprint density at radius 1 is 1.42 bits per heavy atom. The normalized spacial score (nSPS) is 28.8. The van der Waals surface area contributed by atoms with Crippen molar-refractivity contribution in [1.82, 2.24) is 0 Å². The van der Waals surface area contributed by atoms with Crippen molar-refractivity contribution < 1.29 is 19.4 Å². The van der Waals surface area contributed by atoms with Gasteiger partial charge in [0, 0.05) is 12.3 Å². The zero-order chi connectivity index (χ0) is 15.0. The lowest BCUT2D eigenvalue weighted by atomic mass is 9.52. The van der Waals surface area contributed by atoms with Crippen molar-refractivity contribution >= 4 is 11.8 Å². The zero-order valence-electron chi connectivity index (χ0n) is 12.4. The highest BCUT2D eigenvalue weighted by Crippen LogP contribution is 2.55. The number of carbonyl (C=O) groups is 2. The predicted octanol–water partition coefficient (Wildman–Crippen LogP) is 2.88. The summed E-state index contributed by atoms with van der Waals surface area (Å²) in [4.78, 5) is 23.6. The van der Waals surface area contributed by atoms with E-state index in [1.165, 1.54) is 0 Å². The van der Waals surface area contributed by atoms with E-state index >= 15 is 0 Å². The van der Waals surface area contributed by atoms with Crippen LogP contribution >= 0.6 is 0 Å². The second-order valence-electron chi connectivity index (χ2n) is 6.56. The van der Waals surface area contributed by atoms with Crippen molar-refractivity contribution in [1.29, 1.82) is 0 Å². The molecule has 108 valence electrons. The summed E-state index contributed by atoms with van der Waals surface area (Å²) in [5, 5.41) is 9.35. The number of hydrogen-bond acceptors (Lipinski definition) is 3. The van der Waals surface area contributed by atoms with Gasteiger partial charge in [0.25, 0.3) is 0 Å². The number of aliphatic carboxylic acids is 1. The van der Waals surface area contributed by atoms with Crippen molar-refractivity contribution in [3.05, 3.63) is 12.3 Å². The molecule has 0 saturated heterocycles. The summed E-state index contributed by atoms with van der Waals surface area (Å²) in [5.41, 5.74) is -1.06. The van der Waals surface area contributed by atoms with Crippen LogP contribution in [0.3, 0.4) is 0 Å². The quantitative estimate of drug-likeness (QED) is 0.629. The molecule has 1 saturated carbocycles. The molecule has 19 heavy (non-hydrogen) atoms. The van der Waals surface area contributed by atoms with Crippen LogP contribution in [0, 0.1) is 22.7 Å². The Morgan fingerprint density at radius 2 is 1.95 bits per heavy atom. The van der Waals surface area contributed by atoms with Crippen molar-refractivity contribution in [2.24, 2.45) is 22.7 Å². The van der Waals surface area contributed by atoms with Gasteiger partial charge in [0.05, 0.1) is 12.4 Å². The minimum atomic E-state index is -1.06. The van der Waals surface area contributed by atoms with Crippen LogP contribution in [-0.4, -0.2) is 23.5 Å². The van der Waals surface area contributed by atoms with Crippen LogP contribution in [-0.2, 0) is 14.3 Å². The maximum absolute atomic E-state index is 12.1. The Labute approximate surface area is 114 Å². The fourth-order valence-corrected chi connectivity index (χ4v) is 3.82. The molecule has 0 bridgehead atoms. The van der Waals surface area contributed by atoms with Crippen molar-refractivity contribution in [3.8, 4) is 0 Å². The van der Waals surface area contributed by atoms with Crippen LogP contribution in [0.5, 0.6) is 0 Å². The van der Waals surface area contributed by atoms with Crippen LogP contribution in [0.4, 0.5) is 0 Å². The first kappa shape index (κ1) is 15.7. The molecule has 0 aromatic heterocycles. The van der Waals surface area contributed by atoms with Gasteiger partial charge >= 0.3 is 5.97 Å². The molecule has 0 radical (unpaired) electrons. The molecule has 0 heterocycles. The molecule has 4 heteroatoms. The standard InChI is InChI=1S/C15H24O4/c1-7-19-9(2)12-14(3,4)8-10(16)11(13(17)18)15(12,5)6/h11-12H,2,7-8H2,1,3-6H3,(H,17,18). The summed E-state index contributed by atoms with van der Waals surface area (Å²) in [6.07, 6.45) is 0.240. The highest BCUT2D eigenvalue weighted by atomic mass is 16.5. The van der Waals surface area contributed by atoms with E-state index < -0.39 is 17.3 Å². The first-order chi connectivity index (χ1) is 8.55. The van der Waals surface area contributed by atoms with E-state index in [1.807, 2.05) is 34.6 Å². The molecule has 0 aromatic rings. The molecule has 0 amide bonds. The summed E-state index contributed by atoms with van der Waals surface area (Å²) in [6, 6.07) is 0. The van der Waals surface area contributed by atoms with Crippen LogP contribution < -0.4 is 0 Å². The van der Waals surface area contributed by atoms with Crippen LogP contribution in [0.1, 0.15) is 41.0 Å². The zero-order valence-corrected chi connectivity index (χ0v) is 12.4. The monoisotopic (exact) mass is 268 g/mol. The number of carboxylic acids is 1. The SMILES string of the molecule is C=C(OCC)C1C(C)(C)CC(=O)C(C(=O)O)C1(C)C. The Kier molecular flexibility index (Phi) is 4.13. The van der Waals surface area contributed by atoms with E-state index in [2.05, 4.69) is 6.58 Å². The van der Waals surface area contributed by atoms with Crippen LogP contribution in [0.2, 0.25) is 0 Å². The largest absolute Gasteiger partial charge is 0.499 e. The lowest BCUT2D eigenvalue weighted by molar-refractivity contribution is -0.161. The lowest BCUT2D eigenvalue weighted by Gasteiger charge is -2.51. The average Bonchev–Trinajstić information content (AvgIpc) is 2.11. The fourth-order valence-electron chi connectivity index (χ4n) is 3.82. The molecule has 1 fully saturated rings. The molecule has 0 aliphatic heterocycles. The third kappa shape index (κ3) is 2.67. The van der Waals surface area contributed by atoms with E-state index in [4.69, 9.17) is 4.74 Å². The summed E-state index contributed by atoms with van der Waals surface area (Å²) >= 11 is 0. The fraction of sp³-hybridized carbons (Fsp3) is 0.733. The van der Waals surface area contributed by atoms with Gasteiger partial charge in [-0.25, -0.2) is 0 Å². The first-order valence-electron chi connectivity index (χ1n) is 6.62. The highest BCUT2D eigenvalue weighted by Gasteiger charge is 2.57. The third-order valence-corrected chi connectivity index (χ3v) is 4.12. The number of carboxylic acid groups (broad SMARTS) is 1. The Balaban J connectivity index is 3.27. The maximum atomic E-state index is 12.1. The summed E-state index contributed by atoms with van der Waals surface area (Å²) in [5.74, 6) is -1.85. The number of hydrogen-bond donors (Lipinski definition) is 1. The van der Waals surface area contributed by atoms with Crippen molar-refractivity contribution in [3.63, 3.8) is 0 Å². The van der Waals surface area contributed by atoms with Crippen molar-refractivity contribution in [2.45, 2.75) is 41.0 Å². The average molecular weight is 268 g/mol. The molecule has 1 aliphatic carbocycles. The molecular weight excluding hydrogens is 244 g/mol. The lowest BCUT2D eigenvalue weighted by Crippen LogP contribution is -2.54. The smallest absolute Gasteiger partial charge is 0.314 e. The molecule has 1 N–H and O–H groups in total. The topological polar surface area (TPSA) is 63.6 Å². The molecule has 4 nitrogen and oxygen atoms in total. The summed E-state index contributed by atoms with van der Waals surface area (Å²) in [7, 11) is 0. The summed E-state index contributed by atoms with van der Waals surface area (Å²) < 4.78 is 5.52. The van der Waals surface area contributed by atoms with Crippen LogP contribution in [0.25, 0.3) is 0 Å². The first-order valence-corrected chi connectivity index (χ1v) is 6.62. The number of ketones is 1. The number of rotatable bonds is 4. The third-order valence-electron chi connectivity index (χ3n) is 4.12. The van der Waals surface area contributed by atoms with Crippen molar-refractivity contribution in [2.75, 3.05) is 6.61 Å². The van der Waals surface area contributed by atoms with Gasteiger partial charge in [-0.2, -0.15) is 0 Å². The Morgan fingerprint density at radius 3 is 2.37 bits per heavy atom. The van der Waals surface area contributed by atoms with Gasteiger partial charge in [-0.05, 0) is 17.8 Å². The van der Waals surface area contributed by atoms with E-state index in [1.54, 1.807) is 0 Å². The Hall–Kier alpha value is -1.32. The second-order valence-corrected chi connectivity index (χ2v) is 6.56. The molecule has 1 rings (SSSR count). The number of ether oxygens (including phenoxy) is 1. The van der Waals surface area contributed by atoms with Crippen LogP contribution in [0.15, 0.2) is 12.3 Å². The predicted molar refractivity (Wildman–Crippen MR) is 72.6 cm³/mol.